The summed E-state index contributed by atoms with van der Waals surface area (Å²) in [5.41, 5.74) is 1.83. The number of halogens is 1. The highest BCUT2D eigenvalue weighted by atomic mass is 79.9. The fourth-order valence-electron chi connectivity index (χ4n) is 1.97. The molecule has 2 rings (SSSR count). The molecule has 20 heavy (non-hydrogen) atoms. The Morgan fingerprint density at radius 3 is 2.50 bits per heavy atom. The first-order valence-corrected chi connectivity index (χ1v) is 7.43. The monoisotopic (exact) mass is 332 g/mol. The van der Waals surface area contributed by atoms with Gasteiger partial charge in [0, 0.05) is 5.56 Å². The van der Waals surface area contributed by atoms with Crippen molar-refractivity contribution in [2.45, 2.75) is 26.4 Å². The Bertz CT molecular complexity index is 593. The fraction of sp³-hybridized carbons (Fsp3) is 0.235. The molecule has 2 aromatic rings. The number of hydrogen-bond acceptors (Lipinski definition) is 2. The van der Waals surface area contributed by atoms with Gasteiger partial charge < -0.3 is 4.74 Å². The molecule has 0 spiro atoms. The number of carbonyl (C=O) groups excluding carboxylic acids is 1. The molecule has 1 atom stereocenters. The molecule has 3 heteroatoms. The Kier molecular flexibility index (Phi) is 4.96. The van der Waals surface area contributed by atoms with E-state index in [1.165, 1.54) is 0 Å². The van der Waals surface area contributed by atoms with Crippen molar-refractivity contribution in [2.75, 3.05) is 0 Å². The maximum Gasteiger partial charge on any atom is 0.203 e. The van der Waals surface area contributed by atoms with Gasteiger partial charge in [0.1, 0.15) is 5.75 Å². The molecule has 0 radical (unpaired) electrons. The third-order valence-electron chi connectivity index (χ3n) is 3.08. The molecule has 0 N–H and O–H groups in total. The molecule has 0 aromatic heterocycles. The number of aryl methyl sites for hydroxylation is 1. The SMILES string of the molecule is CCC(Oc1ccc(C)cc1Br)C(=O)c1ccccc1. The van der Waals surface area contributed by atoms with Gasteiger partial charge in [-0.1, -0.05) is 43.3 Å². The van der Waals surface area contributed by atoms with E-state index >= 15 is 0 Å². The van der Waals surface area contributed by atoms with Gasteiger partial charge >= 0.3 is 0 Å². The lowest BCUT2D eigenvalue weighted by Crippen LogP contribution is -2.26. The molecule has 0 aliphatic rings. The molecule has 0 fully saturated rings. The van der Waals surface area contributed by atoms with Crippen LogP contribution >= 0.6 is 15.9 Å². The van der Waals surface area contributed by atoms with Crippen LogP contribution in [0.3, 0.4) is 0 Å². The maximum absolute atomic E-state index is 12.4. The molecule has 0 amide bonds. The summed E-state index contributed by atoms with van der Waals surface area (Å²) in [5.74, 6) is 0.715. The van der Waals surface area contributed by atoms with Crippen molar-refractivity contribution in [2.24, 2.45) is 0 Å². The minimum Gasteiger partial charge on any atom is -0.481 e. The van der Waals surface area contributed by atoms with Crippen LogP contribution < -0.4 is 4.74 Å². The van der Waals surface area contributed by atoms with Crippen molar-refractivity contribution < 1.29 is 9.53 Å². The second kappa shape index (κ2) is 6.71. The van der Waals surface area contributed by atoms with E-state index in [1.807, 2.05) is 62.4 Å². The normalized spacial score (nSPS) is 11.9. The van der Waals surface area contributed by atoms with Crippen LogP contribution in [-0.2, 0) is 0 Å². The van der Waals surface area contributed by atoms with Gasteiger partial charge in [-0.2, -0.15) is 0 Å². The Hall–Kier alpha value is -1.61. The zero-order valence-electron chi connectivity index (χ0n) is 11.6. The molecule has 0 aliphatic carbocycles. The average molecular weight is 333 g/mol. The Morgan fingerprint density at radius 1 is 1.20 bits per heavy atom. The molecule has 0 saturated carbocycles. The third kappa shape index (κ3) is 3.48. The van der Waals surface area contributed by atoms with Gasteiger partial charge in [0.05, 0.1) is 4.47 Å². The number of Topliss-reactive ketones (excluding diaryl/α,β-unsaturated/α-hetero) is 1. The predicted molar refractivity (Wildman–Crippen MR) is 84.4 cm³/mol. The number of ether oxygens (including phenoxy) is 1. The van der Waals surface area contributed by atoms with Crippen molar-refractivity contribution >= 4 is 21.7 Å². The molecule has 0 saturated heterocycles. The van der Waals surface area contributed by atoms with Crippen LogP contribution in [-0.4, -0.2) is 11.9 Å². The van der Waals surface area contributed by atoms with E-state index in [-0.39, 0.29) is 5.78 Å². The summed E-state index contributed by atoms with van der Waals surface area (Å²) in [6.45, 7) is 3.97. The van der Waals surface area contributed by atoms with Gasteiger partial charge in [-0.25, -0.2) is 0 Å². The summed E-state index contributed by atoms with van der Waals surface area (Å²) in [4.78, 5) is 12.4. The molecule has 2 nitrogen and oxygen atoms in total. The van der Waals surface area contributed by atoms with Crippen LogP contribution in [0.2, 0.25) is 0 Å². The second-order valence-corrected chi connectivity index (χ2v) is 5.53. The van der Waals surface area contributed by atoms with E-state index < -0.39 is 6.10 Å². The molecule has 0 aliphatic heterocycles. The van der Waals surface area contributed by atoms with E-state index in [0.29, 0.717) is 17.7 Å². The molecular weight excluding hydrogens is 316 g/mol. The summed E-state index contributed by atoms with van der Waals surface area (Å²) in [6, 6.07) is 15.1. The highest BCUT2D eigenvalue weighted by Crippen LogP contribution is 2.27. The number of rotatable bonds is 5. The lowest BCUT2D eigenvalue weighted by Gasteiger charge is -2.17. The first-order valence-electron chi connectivity index (χ1n) is 6.64. The highest BCUT2D eigenvalue weighted by molar-refractivity contribution is 9.10. The maximum atomic E-state index is 12.4. The second-order valence-electron chi connectivity index (χ2n) is 4.68. The van der Waals surface area contributed by atoms with Crippen LogP contribution in [0, 0.1) is 6.92 Å². The molecule has 0 heterocycles. The van der Waals surface area contributed by atoms with Crippen molar-refractivity contribution in [3.63, 3.8) is 0 Å². The zero-order chi connectivity index (χ0) is 14.5. The quantitative estimate of drug-likeness (QED) is 0.735. The minimum atomic E-state index is -0.462. The van der Waals surface area contributed by atoms with E-state index in [0.717, 1.165) is 10.0 Å². The van der Waals surface area contributed by atoms with Crippen LogP contribution in [0.25, 0.3) is 0 Å². The zero-order valence-corrected chi connectivity index (χ0v) is 13.2. The van der Waals surface area contributed by atoms with Crippen molar-refractivity contribution in [1.29, 1.82) is 0 Å². The summed E-state index contributed by atoms with van der Waals surface area (Å²) in [7, 11) is 0. The van der Waals surface area contributed by atoms with E-state index in [2.05, 4.69) is 15.9 Å². The summed E-state index contributed by atoms with van der Waals surface area (Å²) < 4.78 is 6.74. The van der Waals surface area contributed by atoms with Gasteiger partial charge in [0.15, 0.2) is 6.10 Å². The molecule has 1 unspecified atom stereocenters. The van der Waals surface area contributed by atoms with Crippen LogP contribution in [0.5, 0.6) is 5.75 Å². The van der Waals surface area contributed by atoms with Gasteiger partial charge in [0.25, 0.3) is 0 Å². The third-order valence-corrected chi connectivity index (χ3v) is 3.70. The van der Waals surface area contributed by atoms with Crippen LogP contribution in [0.4, 0.5) is 0 Å². The molecule has 104 valence electrons. The number of carbonyl (C=O) groups is 1. The van der Waals surface area contributed by atoms with Gasteiger partial charge in [-0.05, 0) is 47.0 Å². The van der Waals surface area contributed by atoms with Crippen molar-refractivity contribution in [1.82, 2.24) is 0 Å². The fourth-order valence-corrected chi connectivity index (χ4v) is 2.55. The molecule has 0 bridgehead atoms. The van der Waals surface area contributed by atoms with E-state index in [4.69, 9.17) is 4.74 Å². The van der Waals surface area contributed by atoms with Crippen LogP contribution in [0.1, 0.15) is 29.3 Å². The molecule has 2 aromatic carbocycles. The Labute approximate surface area is 127 Å². The van der Waals surface area contributed by atoms with Crippen molar-refractivity contribution in [3.05, 3.63) is 64.1 Å². The van der Waals surface area contributed by atoms with Gasteiger partial charge in [-0.3, -0.25) is 4.79 Å². The van der Waals surface area contributed by atoms with Crippen molar-refractivity contribution in [3.8, 4) is 5.75 Å². The van der Waals surface area contributed by atoms with Crippen LogP contribution in [0.15, 0.2) is 53.0 Å². The summed E-state index contributed by atoms with van der Waals surface area (Å²) in [5, 5.41) is 0. The molecular formula is C17H17BrO2. The number of hydrogen-bond donors (Lipinski definition) is 0. The average Bonchev–Trinajstić information content (AvgIpc) is 2.47. The van der Waals surface area contributed by atoms with Gasteiger partial charge in [0.2, 0.25) is 5.78 Å². The van der Waals surface area contributed by atoms with Gasteiger partial charge in [-0.15, -0.1) is 0 Å². The van der Waals surface area contributed by atoms with E-state index in [9.17, 15) is 4.79 Å². The predicted octanol–water partition coefficient (Wildman–Crippen LogP) is 4.80. The smallest absolute Gasteiger partial charge is 0.203 e. The summed E-state index contributed by atoms with van der Waals surface area (Å²) >= 11 is 3.47. The first-order chi connectivity index (χ1) is 9.61. The lowest BCUT2D eigenvalue weighted by molar-refractivity contribution is 0.0785. The highest BCUT2D eigenvalue weighted by Gasteiger charge is 2.20. The number of benzene rings is 2. The standard InChI is InChI=1S/C17H17BrO2/c1-3-15(17(19)13-7-5-4-6-8-13)20-16-10-9-12(2)11-14(16)18/h4-11,15H,3H2,1-2H3. The lowest BCUT2D eigenvalue weighted by atomic mass is 10.0. The minimum absolute atomic E-state index is 0.0144. The van der Waals surface area contributed by atoms with E-state index in [1.54, 1.807) is 0 Å². The number of ketones is 1. The largest absolute Gasteiger partial charge is 0.481 e. The first kappa shape index (κ1) is 14.8. The topological polar surface area (TPSA) is 26.3 Å². The Balaban J connectivity index is 2.19. The Morgan fingerprint density at radius 2 is 1.90 bits per heavy atom. The summed E-state index contributed by atoms with van der Waals surface area (Å²) in [6.07, 6.45) is 0.171.